The van der Waals surface area contributed by atoms with Crippen molar-refractivity contribution in [3.63, 3.8) is 0 Å². The van der Waals surface area contributed by atoms with E-state index >= 15 is 4.39 Å². The van der Waals surface area contributed by atoms with Crippen molar-refractivity contribution < 1.29 is 18.7 Å². The highest BCUT2D eigenvalue weighted by Gasteiger charge is 2.45. The van der Waals surface area contributed by atoms with E-state index < -0.39 is 5.82 Å². The fourth-order valence-corrected chi connectivity index (χ4v) is 4.51. The lowest BCUT2D eigenvalue weighted by Gasteiger charge is -2.38. The maximum absolute atomic E-state index is 15.1. The van der Waals surface area contributed by atoms with Crippen molar-refractivity contribution in [2.24, 2.45) is 0 Å². The van der Waals surface area contributed by atoms with Crippen LogP contribution in [-0.4, -0.2) is 45.3 Å². The number of fused-ring (bicyclic) bond motifs is 2. The van der Waals surface area contributed by atoms with E-state index in [4.69, 9.17) is 26.3 Å². The zero-order valence-electron chi connectivity index (χ0n) is 17.7. The van der Waals surface area contributed by atoms with Gasteiger partial charge in [-0.25, -0.2) is 9.78 Å². The summed E-state index contributed by atoms with van der Waals surface area (Å²) in [5, 5.41) is 12.0. The van der Waals surface area contributed by atoms with Gasteiger partial charge >= 0.3 is 6.09 Å². The number of anilines is 2. The van der Waals surface area contributed by atoms with E-state index in [1.165, 1.54) is 12.4 Å². The van der Waals surface area contributed by atoms with Crippen molar-refractivity contribution >= 4 is 29.2 Å². The molecule has 0 aliphatic carbocycles. The van der Waals surface area contributed by atoms with Gasteiger partial charge in [0.25, 0.3) is 5.88 Å². The number of piperidine rings is 1. The average molecular weight is 460 g/mol. The number of ether oxygens (including phenoxy) is 2. The molecule has 0 radical (unpaired) electrons. The minimum absolute atomic E-state index is 0.00458. The van der Waals surface area contributed by atoms with Crippen LogP contribution in [0.5, 0.6) is 5.88 Å². The Labute approximate surface area is 190 Å². The molecule has 2 aliphatic rings. The van der Waals surface area contributed by atoms with Crippen molar-refractivity contribution in [2.45, 2.75) is 63.8 Å². The number of rotatable bonds is 5. The van der Waals surface area contributed by atoms with Crippen LogP contribution in [0.4, 0.5) is 20.7 Å². The first-order valence-corrected chi connectivity index (χ1v) is 10.9. The third-order valence-corrected chi connectivity index (χ3v) is 5.94. The molecule has 2 saturated heterocycles. The van der Waals surface area contributed by atoms with E-state index in [2.05, 4.69) is 15.3 Å². The van der Waals surface area contributed by atoms with Gasteiger partial charge in [0.15, 0.2) is 5.82 Å². The average Bonchev–Trinajstić information content (AvgIpc) is 3.02. The van der Waals surface area contributed by atoms with Gasteiger partial charge in [-0.15, -0.1) is 0 Å². The third-order valence-electron chi connectivity index (χ3n) is 5.62. The van der Waals surface area contributed by atoms with Gasteiger partial charge in [-0.1, -0.05) is 11.6 Å². The molecule has 8 nitrogen and oxygen atoms in total. The predicted octanol–water partition coefficient (Wildman–Crippen LogP) is 4.80. The Morgan fingerprint density at radius 3 is 2.66 bits per heavy atom. The summed E-state index contributed by atoms with van der Waals surface area (Å²) < 4.78 is 26.3. The van der Waals surface area contributed by atoms with Gasteiger partial charge in [0.1, 0.15) is 12.4 Å². The summed E-state index contributed by atoms with van der Waals surface area (Å²) in [5.41, 5.74) is 0.801. The Morgan fingerprint density at radius 2 is 2.03 bits per heavy atom. The Bertz CT molecular complexity index is 1050. The minimum Gasteiger partial charge on any atom is -0.472 e. The molecule has 4 rings (SSSR count). The summed E-state index contributed by atoms with van der Waals surface area (Å²) in [6.07, 6.45) is 3.36. The van der Waals surface area contributed by atoms with Crippen LogP contribution in [0.3, 0.4) is 0 Å². The molecule has 3 heterocycles. The van der Waals surface area contributed by atoms with Crippen LogP contribution in [0.2, 0.25) is 5.02 Å². The summed E-state index contributed by atoms with van der Waals surface area (Å²) in [6, 6.07) is 6.63. The second kappa shape index (κ2) is 9.17. The Kier molecular flexibility index (Phi) is 6.33. The molecule has 2 aliphatic heterocycles. The van der Waals surface area contributed by atoms with Gasteiger partial charge < -0.3 is 19.7 Å². The number of hydrogen-bond acceptors (Lipinski definition) is 7. The third kappa shape index (κ3) is 4.55. The number of carbonyl (C=O) groups excluding carboxylic acids is 1. The number of nitrogens with one attached hydrogen (secondary N) is 1. The quantitative estimate of drug-likeness (QED) is 0.685. The van der Waals surface area contributed by atoms with Crippen LogP contribution in [0, 0.1) is 17.1 Å². The number of benzene rings is 1. The normalized spacial score (nSPS) is 21.9. The Morgan fingerprint density at radius 1 is 1.31 bits per heavy atom. The van der Waals surface area contributed by atoms with Gasteiger partial charge in [-0.3, -0.25) is 0 Å². The zero-order valence-corrected chi connectivity index (χ0v) is 18.5. The standard InChI is InChI=1S/C22H23ClFN5O3/c1-12(2)31-22(30)29-14-4-5-15(29)9-16(8-14)32-21-19(24)20(26-11-27-21)28-18-6-3-13(10-25)7-17(18)23/h3,6-7,11-12,14-16H,4-5,8-9H2,1-2H3,(H,26,27,28). The van der Waals surface area contributed by atoms with Gasteiger partial charge in [0, 0.05) is 24.9 Å². The zero-order chi connectivity index (χ0) is 22.8. The highest BCUT2D eigenvalue weighted by atomic mass is 35.5. The Balaban J connectivity index is 1.45. The molecule has 1 aromatic heterocycles. The maximum atomic E-state index is 15.1. The second-order valence-electron chi connectivity index (χ2n) is 8.21. The first kappa shape index (κ1) is 22.1. The van der Waals surface area contributed by atoms with E-state index in [0.29, 0.717) is 24.1 Å². The van der Waals surface area contributed by atoms with Gasteiger partial charge in [0.05, 0.1) is 28.4 Å². The first-order valence-electron chi connectivity index (χ1n) is 10.5. The van der Waals surface area contributed by atoms with Crippen molar-refractivity contribution in [1.82, 2.24) is 14.9 Å². The lowest BCUT2D eigenvalue weighted by atomic mass is 10.0. The number of aromatic nitrogens is 2. The highest BCUT2D eigenvalue weighted by Crippen LogP contribution is 2.38. The van der Waals surface area contributed by atoms with E-state index in [1.807, 2.05) is 19.9 Å². The number of hydrogen-bond donors (Lipinski definition) is 1. The topological polar surface area (TPSA) is 100 Å². The van der Waals surface area contributed by atoms with Crippen molar-refractivity contribution in [1.29, 1.82) is 5.26 Å². The fraction of sp³-hybridized carbons (Fsp3) is 0.455. The van der Waals surface area contributed by atoms with Gasteiger partial charge in [-0.2, -0.15) is 14.6 Å². The minimum atomic E-state index is -0.734. The molecule has 1 aromatic carbocycles. The van der Waals surface area contributed by atoms with Crippen molar-refractivity contribution in [2.75, 3.05) is 5.32 Å². The first-order chi connectivity index (χ1) is 15.4. The molecule has 2 atom stereocenters. The largest absolute Gasteiger partial charge is 0.472 e. The fourth-order valence-electron chi connectivity index (χ4n) is 4.28. The molecule has 168 valence electrons. The van der Waals surface area contributed by atoms with Crippen LogP contribution in [-0.2, 0) is 4.74 Å². The molecule has 32 heavy (non-hydrogen) atoms. The van der Waals surface area contributed by atoms with E-state index in [0.717, 1.165) is 12.8 Å². The molecule has 10 heteroatoms. The molecule has 2 bridgehead atoms. The molecule has 2 fully saturated rings. The predicted molar refractivity (Wildman–Crippen MR) is 115 cm³/mol. The summed E-state index contributed by atoms with van der Waals surface area (Å²) in [5.74, 6) is -0.973. The number of nitriles is 1. The van der Waals surface area contributed by atoms with Crippen LogP contribution >= 0.6 is 11.6 Å². The molecule has 1 amide bonds. The van der Waals surface area contributed by atoms with Crippen LogP contribution in [0.25, 0.3) is 0 Å². The van der Waals surface area contributed by atoms with E-state index in [1.54, 1.807) is 17.0 Å². The molecule has 2 aromatic rings. The lowest BCUT2D eigenvalue weighted by molar-refractivity contribution is 0.0198. The molecular weight excluding hydrogens is 437 g/mol. The van der Waals surface area contributed by atoms with Crippen LogP contribution in [0.1, 0.15) is 45.1 Å². The van der Waals surface area contributed by atoms with Crippen molar-refractivity contribution in [3.05, 3.63) is 40.9 Å². The molecule has 0 spiro atoms. The Hall–Kier alpha value is -3.12. The summed E-state index contributed by atoms with van der Waals surface area (Å²) >= 11 is 6.16. The molecule has 2 unspecified atom stereocenters. The smallest absolute Gasteiger partial charge is 0.410 e. The lowest BCUT2D eigenvalue weighted by Crippen LogP contribution is -2.50. The number of halogens is 2. The summed E-state index contributed by atoms with van der Waals surface area (Å²) in [6.45, 7) is 3.65. The number of carbonyl (C=O) groups is 1. The summed E-state index contributed by atoms with van der Waals surface area (Å²) in [7, 11) is 0. The monoisotopic (exact) mass is 459 g/mol. The van der Waals surface area contributed by atoms with E-state index in [9.17, 15) is 4.79 Å². The molecule has 0 saturated carbocycles. The van der Waals surface area contributed by atoms with Crippen LogP contribution < -0.4 is 10.1 Å². The van der Waals surface area contributed by atoms with Crippen LogP contribution in [0.15, 0.2) is 24.5 Å². The second-order valence-corrected chi connectivity index (χ2v) is 8.62. The molecular formula is C22H23ClFN5O3. The highest BCUT2D eigenvalue weighted by molar-refractivity contribution is 6.33. The number of nitrogens with zero attached hydrogens (tertiary/aromatic N) is 4. The molecule has 1 N–H and O–H groups in total. The van der Waals surface area contributed by atoms with Crippen molar-refractivity contribution in [3.8, 4) is 11.9 Å². The summed E-state index contributed by atoms with van der Waals surface area (Å²) in [4.78, 5) is 22.1. The van der Waals surface area contributed by atoms with E-state index in [-0.39, 0.29) is 47.1 Å². The SMILES string of the molecule is CC(C)OC(=O)N1C2CCC1CC(Oc1ncnc(Nc3ccc(C#N)cc3Cl)c1F)C2. The maximum Gasteiger partial charge on any atom is 0.410 e. The van der Waals surface area contributed by atoms with Gasteiger partial charge in [0.2, 0.25) is 5.82 Å². The number of amides is 1. The van der Waals surface area contributed by atoms with Gasteiger partial charge in [-0.05, 0) is 44.9 Å².